The maximum atomic E-state index is 11.5. The van der Waals surface area contributed by atoms with Gasteiger partial charge in [-0.15, -0.1) is 0 Å². The van der Waals surface area contributed by atoms with Crippen molar-refractivity contribution in [3.05, 3.63) is 40.1 Å². The Kier molecular flexibility index (Phi) is 3.30. The van der Waals surface area contributed by atoms with Crippen LogP contribution in [0.15, 0.2) is 33.9 Å². The van der Waals surface area contributed by atoms with Gasteiger partial charge in [-0.25, -0.2) is 8.42 Å². The highest BCUT2D eigenvalue weighted by Crippen LogP contribution is 2.35. The first kappa shape index (κ1) is 12.6. The van der Waals surface area contributed by atoms with E-state index < -0.39 is 9.05 Å². The largest absolute Gasteiger partial charge is 0.262 e. The predicted octanol–water partition coefficient (Wildman–Crippen LogP) is 3.96. The van der Waals surface area contributed by atoms with Crippen LogP contribution >= 0.6 is 22.0 Å². The van der Waals surface area contributed by atoms with Gasteiger partial charge < -0.3 is 0 Å². The molecule has 0 amide bonds. The molecule has 5 heteroatoms. The van der Waals surface area contributed by atoms with E-state index in [9.17, 15) is 8.42 Å². The Morgan fingerprint density at radius 3 is 2.47 bits per heavy atom. The number of hydrogen-bond acceptors (Lipinski definition) is 3. The Morgan fingerprint density at radius 2 is 1.82 bits per heavy atom. The minimum absolute atomic E-state index is 0.192. The van der Waals surface area contributed by atoms with Crippen molar-refractivity contribution < 1.29 is 8.42 Å². The molecule has 0 unspecified atom stereocenters. The highest BCUT2D eigenvalue weighted by atomic mass is 35.7. The van der Waals surface area contributed by atoms with Gasteiger partial charge in [-0.2, -0.15) is 11.3 Å². The minimum atomic E-state index is -3.69. The molecule has 0 atom stereocenters. The Labute approximate surface area is 109 Å². The van der Waals surface area contributed by atoms with Crippen LogP contribution in [0.1, 0.15) is 11.1 Å². The molecule has 0 spiro atoms. The second kappa shape index (κ2) is 4.44. The lowest BCUT2D eigenvalue weighted by atomic mass is 10.0. The van der Waals surface area contributed by atoms with Gasteiger partial charge in [-0.3, -0.25) is 0 Å². The predicted molar refractivity (Wildman–Crippen MR) is 72.3 cm³/mol. The fourth-order valence-corrected chi connectivity index (χ4v) is 4.11. The summed E-state index contributed by atoms with van der Waals surface area (Å²) in [5.74, 6) is 0. The summed E-state index contributed by atoms with van der Waals surface area (Å²) < 4.78 is 22.9. The molecular formula is C12H11ClO2S2. The molecule has 0 saturated heterocycles. The van der Waals surface area contributed by atoms with Crippen LogP contribution in [0, 0.1) is 13.8 Å². The van der Waals surface area contributed by atoms with Gasteiger partial charge in [0.05, 0.1) is 0 Å². The third kappa shape index (κ3) is 2.54. The topological polar surface area (TPSA) is 34.1 Å². The second-order valence-electron chi connectivity index (χ2n) is 3.91. The molecule has 2 aromatic rings. The van der Waals surface area contributed by atoms with Crippen LogP contribution in [0.2, 0.25) is 0 Å². The second-order valence-corrected chi connectivity index (χ2v) is 7.18. The molecule has 90 valence electrons. The number of benzene rings is 1. The zero-order valence-electron chi connectivity index (χ0n) is 9.40. The molecule has 0 saturated carbocycles. The molecule has 0 fully saturated rings. The van der Waals surface area contributed by atoms with Crippen molar-refractivity contribution >= 4 is 31.1 Å². The average molecular weight is 287 g/mol. The monoisotopic (exact) mass is 286 g/mol. The van der Waals surface area contributed by atoms with Crippen LogP contribution in [-0.2, 0) is 9.05 Å². The number of rotatable bonds is 2. The molecule has 1 aromatic heterocycles. The molecule has 0 N–H and O–H groups in total. The van der Waals surface area contributed by atoms with Crippen molar-refractivity contribution in [2.45, 2.75) is 18.7 Å². The Hall–Kier alpha value is -0.840. The van der Waals surface area contributed by atoms with Gasteiger partial charge in [-0.05, 0) is 30.4 Å². The summed E-state index contributed by atoms with van der Waals surface area (Å²) in [6.45, 7) is 3.93. The summed E-state index contributed by atoms with van der Waals surface area (Å²) >= 11 is 1.34. The molecule has 1 heterocycles. The molecule has 1 aromatic carbocycles. The summed E-state index contributed by atoms with van der Waals surface area (Å²) in [6, 6.07) is 5.95. The number of halogens is 1. The standard InChI is InChI=1S/C12H11ClO2S2/c1-8-3-4-9(2)10(5-8)11-6-16-7-12(11)17(13,14)15/h3-7H,1-2H3. The van der Waals surface area contributed by atoms with Crippen LogP contribution in [0.25, 0.3) is 11.1 Å². The van der Waals surface area contributed by atoms with E-state index in [-0.39, 0.29) is 4.90 Å². The van der Waals surface area contributed by atoms with Crippen LogP contribution in [0.5, 0.6) is 0 Å². The van der Waals surface area contributed by atoms with E-state index in [1.807, 2.05) is 37.4 Å². The molecule has 0 aliphatic heterocycles. The van der Waals surface area contributed by atoms with Crippen molar-refractivity contribution in [1.29, 1.82) is 0 Å². The van der Waals surface area contributed by atoms with E-state index in [2.05, 4.69) is 0 Å². The lowest BCUT2D eigenvalue weighted by Gasteiger charge is -2.07. The summed E-state index contributed by atoms with van der Waals surface area (Å²) in [6.07, 6.45) is 0. The van der Waals surface area contributed by atoms with Crippen LogP contribution in [-0.4, -0.2) is 8.42 Å². The van der Waals surface area contributed by atoms with Gasteiger partial charge in [0.15, 0.2) is 0 Å². The van der Waals surface area contributed by atoms with Crippen molar-refractivity contribution in [3.63, 3.8) is 0 Å². The first-order chi connectivity index (χ1) is 7.89. The summed E-state index contributed by atoms with van der Waals surface area (Å²) in [4.78, 5) is 0.192. The van der Waals surface area contributed by atoms with Gasteiger partial charge in [0, 0.05) is 21.6 Å². The van der Waals surface area contributed by atoms with Gasteiger partial charge in [-0.1, -0.05) is 23.8 Å². The van der Waals surface area contributed by atoms with Gasteiger partial charge in [0.2, 0.25) is 0 Å². The van der Waals surface area contributed by atoms with E-state index >= 15 is 0 Å². The quantitative estimate of drug-likeness (QED) is 0.783. The maximum Gasteiger partial charge on any atom is 0.262 e. The number of aryl methyl sites for hydroxylation is 2. The van der Waals surface area contributed by atoms with E-state index in [4.69, 9.17) is 10.7 Å². The highest BCUT2D eigenvalue weighted by molar-refractivity contribution is 8.14. The van der Waals surface area contributed by atoms with Crippen molar-refractivity contribution in [2.24, 2.45) is 0 Å². The molecular weight excluding hydrogens is 276 g/mol. The first-order valence-electron chi connectivity index (χ1n) is 4.98. The third-order valence-electron chi connectivity index (χ3n) is 2.57. The van der Waals surface area contributed by atoms with Gasteiger partial charge in [0.25, 0.3) is 9.05 Å². The lowest BCUT2D eigenvalue weighted by Crippen LogP contribution is -1.92. The third-order valence-corrected chi connectivity index (χ3v) is 4.83. The summed E-state index contributed by atoms with van der Waals surface area (Å²) in [5, 5.41) is 3.39. The molecule has 2 nitrogen and oxygen atoms in total. The first-order valence-corrected chi connectivity index (χ1v) is 8.23. The number of hydrogen-bond donors (Lipinski definition) is 0. The van der Waals surface area contributed by atoms with Gasteiger partial charge in [0.1, 0.15) is 4.90 Å². The van der Waals surface area contributed by atoms with Crippen molar-refractivity contribution in [2.75, 3.05) is 0 Å². The fourth-order valence-electron chi connectivity index (χ4n) is 1.70. The minimum Gasteiger partial charge on any atom is -0.207 e. The van der Waals surface area contributed by atoms with Crippen molar-refractivity contribution in [1.82, 2.24) is 0 Å². The average Bonchev–Trinajstić information content (AvgIpc) is 2.69. The SMILES string of the molecule is Cc1ccc(C)c(-c2cscc2S(=O)(=O)Cl)c1. The molecule has 0 radical (unpaired) electrons. The zero-order valence-corrected chi connectivity index (χ0v) is 11.8. The van der Waals surface area contributed by atoms with Crippen LogP contribution in [0.3, 0.4) is 0 Å². The maximum absolute atomic E-state index is 11.5. The zero-order chi connectivity index (χ0) is 12.6. The Morgan fingerprint density at radius 1 is 1.12 bits per heavy atom. The molecule has 0 bridgehead atoms. The van der Waals surface area contributed by atoms with E-state index in [0.29, 0.717) is 5.56 Å². The smallest absolute Gasteiger partial charge is 0.207 e. The molecule has 0 aliphatic carbocycles. The normalized spacial score (nSPS) is 11.7. The van der Waals surface area contributed by atoms with Crippen molar-refractivity contribution in [3.8, 4) is 11.1 Å². The lowest BCUT2D eigenvalue weighted by molar-refractivity contribution is 0.610. The van der Waals surface area contributed by atoms with Crippen LogP contribution < -0.4 is 0 Å². The Balaban J connectivity index is 2.70. The van der Waals surface area contributed by atoms with Gasteiger partial charge >= 0.3 is 0 Å². The molecule has 17 heavy (non-hydrogen) atoms. The number of thiophene rings is 1. The van der Waals surface area contributed by atoms with E-state index in [1.54, 1.807) is 5.38 Å². The molecule has 2 rings (SSSR count). The van der Waals surface area contributed by atoms with E-state index in [1.165, 1.54) is 11.3 Å². The summed E-state index contributed by atoms with van der Waals surface area (Å²) in [7, 11) is 1.74. The summed E-state index contributed by atoms with van der Waals surface area (Å²) in [5.41, 5.74) is 3.74. The molecule has 0 aliphatic rings. The van der Waals surface area contributed by atoms with E-state index in [0.717, 1.165) is 16.7 Å². The Bertz CT molecular complexity index is 657. The highest BCUT2D eigenvalue weighted by Gasteiger charge is 2.18. The van der Waals surface area contributed by atoms with Crippen LogP contribution in [0.4, 0.5) is 0 Å². The fraction of sp³-hybridized carbons (Fsp3) is 0.167.